The van der Waals surface area contributed by atoms with Crippen molar-refractivity contribution in [2.45, 2.75) is 33.1 Å². The molecule has 0 unspecified atom stereocenters. The van der Waals surface area contributed by atoms with Gasteiger partial charge in [0.15, 0.2) is 6.10 Å². The van der Waals surface area contributed by atoms with Crippen LogP contribution in [0.5, 0.6) is 17.2 Å². The van der Waals surface area contributed by atoms with Crippen LogP contribution in [0.25, 0.3) is 11.0 Å². The third-order valence-electron chi connectivity index (χ3n) is 4.33. The summed E-state index contributed by atoms with van der Waals surface area (Å²) in [4.78, 5) is 24.9. The lowest BCUT2D eigenvalue weighted by molar-refractivity contribution is -0.154. The van der Waals surface area contributed by atoms with Crippen LogP contribution in [-0.4, -0.2) is 18.7 Å². The number of esters is 1. The molecule has 3 aromatic rings. The van der Waals surface area contributed by atoms with Gasteiger partial charge in [-0.15, -0.1) is 0 Å². The van der Waals surface area contributed by atoms with Crippen LogP contribution in [0.1, 0.15) is 26.5 Å². The Bertz CT molecular complexity index is 1220. The predicted molar refractivity (Wildman–Crippen MR) is 118 cm³/mol. The zero-order chi connectivity index (χ0) is 24.3. The van der Waals surface area contributed by atoms with Crippen molar-refractivity contribution in [1.82, 2.24) is 0 Å². The molecule has 0 radical (unpaired) electrons. The van der Waals surface area contributed by atoms with Crippen LogP contribution in [0.4, 0.5) is 13.2 Å². The molecule has 3 rings (SSSR count). The maximum atomic E-state index is 13.7. The van der Waals surface area contributed by atoms with E-state index in [1.165, 1.54) is 25.1 Å². The number of halogens is 4. The van der Waals surface area contributed by atoms with Crippen molar-refractivity contribution in [1.29, 1.82) is 0 Å². The Morgan fingerprint density at radius 1 is 1.12 bits per heavy atom. The van der Waals surface area contributed by atoms with E-state index in [4.69, 9.17) is 18.6 Å². The van der Waals surface area contributed by atoms with Crippen LogP contribution < -0.4 is 14.9 Å². The minimum Gasteiger partial charge on any atom is -0.479 e. The first kappa shape index (κ1) is 24.6. The van der Waals surface area contributed by atoms with E-state index in [0.717, 1.165) is 6.07 Å². The summed E-state index contributed by atoms with van der Waals surface area (Å²) in [5.74, 6) is -3.02. The van der Waals surface area contributed by atoms with E-state index in [1.54, 1.807) is 18.2 Å². The minimum absolute atomic E-state index is 0.0170. The molecule has 0 amide bonds. The van der Waals surface area contributed by atoms with Gasteiger partial charge in [-0.1, -0.05) is 26.0 Å². The van der Waals surface area contributed by atoms with Gasteiger partial charge in [0.05, 0.1) is 16.5 Å². The minimum atomic E-state index is -5.01. The summed E-state index contributed by atoms with van der Waals surface area (Å²) in [6.07, 6.45) is -6.03. The van der Waals surface area contributed by atoms with E-state index in [-0.39, 0.29) is 35.0 Å². The third-order valence-corrected chi connectivity index (χ3v) is 4.99. The standard InChI is InChI=1S/C23H20BrF3O6/c1-12(2)11-30-22(29)13(3)31-14-8-9-15-18(10-14)33-21(23(25,26)27)20(19(15)28)32-17-7-5-4-6-16(17)24/h4-10,12-13H,11H2,1-3H3/t13-/m0/s1. The highest BCUT2D eigenvalue weighted by atomic mass is 79.9. The molecule has 0 N–H and O–H groups in total. The molecular weight excluding hydrogens is 509 g/mol. The van der Waals surface area contributed by atoms with Crippen LogP contribution in [0.2, 0.25) is 0 Å². The fourth-order valence-electron chi connectivity index (χ4n) is 2.76. The van der Waals surface area contributed by atoms with Crippen molar-refractivity contribution in [3.63, 3.8) is 0 Å². The van der Waals surface area contributed by atoms with E-state index in [2.05, 4.69) is 15.9 Å². The van der Waals surface area contributed by atoms with Crippen molar-refractivity contribution in [2.75, 3.05) is 6.61 Å². The molecule has 33 heavy (non-hydrogen) atoms. The van der Waals surface area contributed by atoms with Gasteiger partial charge < -0.3 is 18.6 Å². The smallest absolute Gasteiger partial charge is 0.453 e. The number of hydrogen-bond acceptors (Lipinski definition) is 6. The van der Waals surface area contributed by atoms with Crippen LogP contribution in [-0.2, 0) is 15.7 Å². The molecule has 0 aliphatic carbocycles. The van der Waals surface area contributed by atoms with E-state index < -0.39 is 35.2 Å². The molecule has 0 aliphatic heterocycles. The first-order valence-corrected chi connectivity index (χ1v) is 10.7. The average molecular weight is 529 g/mol. The Kier molecular flexibility index (Phi) is 7.36. The van der Waals surface area contributed by atoms with Gasteiger partial charge in [0, 0.05) is 6.07 Å². The van der Waals surface area contributed by atoms with Crippen LogP contribution in [0, 0.1) is 5.92 Å². The molecule has 1 atom stereocenters. The quantitative estimate of drug-likeness (QED) is 0.333. The number of para-hydroxylation sites is 1. The van der Waals surface area contributed by atoms with Crippen molar-refractivity contribution in [3.8, 4) is 17.2 Å². The van der Waals surface area contributed by atoms with E-state index in [0.29, 0.717) is 4.47 Å². The molecule has 6 nitrogen and oxygen atoms in total. The Morgan fingerprint density at radius 3 is 2.45 bits per heavy atom. The molecular formula is C23H20BrF3O6. The van der Waals surface area contributed by atoms with Crippen molar-refractivity contribution >= 4 is 32.9 Å². The predicted octanol–water partition coefficient (Wildman–Crippen LogP) is 6.33. The molecule has 1 aromatic heterocycles. The van der Waals surface area contributed by atoms with Gasteiger partial charge in [-0.2, -0.15) is 13.2 Å². The van der Waals surface area contributed by atoms with Crippen LogP contribution in [0.15, 0.2) is 56.1 Å². The molecule has 0 bridgehead atoms. The van der Waals surface area contributed by atoms with Crippen LogP contribution in [0.3, 0.4) is 0 Å². The number of carbonyl (C=O) groups is 1. The molecule has 0 fully saturated rings. The van der Waals surface area contributed by atoms with Gasteiger partial charge in [0.25, 0.3) is 5.76 Å². The normalized spacial score (nSPS) is 12.6. The second kappa shape index (κ2) is 9.86. The molecule has 0 saturated heterocycles. The number of rotatable bonds is 7. The lowest BCUT2D eigenvalue weighted by Gasteiger charge is -2.16. The highest BCUT2D eigenvalue weighted by Crippen LogP contribution is 2.39. The van der Waals surface area contributed by atoms with Gasteiger partial charge in [-0.05, 0) is 53.0 Å². The van der Waals surface area contributed by atoms with Crippen molar-refractivity contribution < 1.29 is 36.6 Å². The number of alkyl halides is 3. The summed E-state index contributed by atoms with van der Waals surface area (Å²) >= 11 is 3.17. The lowest BCUT2D eigenvalue weighted by Crippen LogP contribution is -2.27. The summed E-state index contributed by atoms with van der Waals surface area (Å²) < 4.78 is 62.4. The first-order chi connectivity index (χ1) is 15.5. The number of hydrogen-bond donors (Lipinski definition) is 0. The topological polar surface area (TPSA) is 75.0 Å². The van der Waals surface area contributed by atoms with Gasteiger partial charge in [-0.3, -0.25) is 4.79 Å². The maximum Gasteiger partial charge on any atom is 0.453 e. The summed E-state index contributed by atoms with van der Waals surface area (Å²) in [5, 5.41) is -0.146. The zero-order valence-corrected chi connectivity index (χ0v) is 19.5. The van der Waals surface area contributed by atoms with E-state index >= 15 is 0 Å². The van der Waals surface area contributed by atoms with Crippen molar-refractivity contribution in [3.05, 3.63) is 62.9 Å². The molecule has 0 spiro atoms. The lowest BCUT2D eigenvalue weighted by atomic mass is 10.2. The second-order valence-electron chi connectivity index (χ2n) is 7.56. The molecule has 0 saturated carbocycles. The van der Waals surface area contributed by atoms with E-state index in [1.807, 2.05) is 13.8 Å². The van der Waals surface area contributed by atoms with Gasteiger partial charge in [0.1, 0.15) is 17.1 Å². The Morgan fingerprint density at radius 2 is 1.82 bits per heavy atom. The number of fused-ring (bicyclic) bond motifs is 1. The summed E-state index contributed by atoms with van der Waals surface area (Å²) in [6.45, 7) is 5.39. The molecule has 1 heterocycles. The van der Waals surface area contributed by atoms with Crippen molar-refractivity contribution in [2.24, 2.45) is 5.92 Å². The maximum absolute atomic E-state index is 13.7. The average Bonchev–Trinajstić information content (AvgIpc) is 2.74. The van der Waals surface area contributed by atoms with Gasteiger partial charge in [-0.25, -0.2) is 4.79 Å². The van der Waals surface area contributed by atoms with Crippen LogP contribution >= 0.6 is 15.9 Å². The summed E-state index contributed by atoms with van der Waals surface area (Å²) in [6, 6.07) is 9.86. The molecule has 0 aliphatic rings. The number of carbonyl (C=O) groups excluding carboxylic acids is 1. The number of ether oxygens (including phenoxy) is 3. The highest BCUT2D eigenvalue weighted by molar-refractivity contribution is 9.10. The number of benzene rings is 2. The summed E-state index contributed by atoms with van der Waals surface area (Å²) in [5.41, 5.74) is -1.37. The van der Waals surface area contributed by atoms with E-state index in [9.17, 15) is 22.8 Å². The Balaban J connectivity index is 1.99. The van der Waals surface area contributed by atoms with Gasteiger partial charge in [0.2, 0.25) is 11.2 Å². The third kappa shape index (κ3) is 5.87. The monoisotopic (exact) mass is 528 g/mol. The Labute approximate surface area is 195 Å². The summed E-state index contributed by atoms with van der Waals surface area (Å²) in [7, 11) is 0. The highest BCUT2D eigenvalue weighted by Gasteiger charge is 2.40. The molecule has 10 heteroatoms. The SMILES string of the molecule is CC(C)COC(=O)[C@H](C)Oc1ccc2c(=O)c(Oc3ccccc3Br)c(C(F)(F)F)oc2c1. The fraction of sp³-hybridized carbons (Fsp3) is 0.304. The first-order valence-electron chi connectivity index (χ1n) is 9.91. The molecule has 2 aromatic carbocycles. The fourth-order valence-corrected chi connectivity index (χ4v) is 3.13. The zero-order valence-electron chi connectivity index (χ0n) is 17.9. The second-order valence-corrected chi connectivity index (χ2v) is 8.42. The van der Waals surface area contributed by atoms with Gasteiger partial charge >= 0.3 is 12.1 Å². The molecule has 176 valence electrons. The largest absolute Gasteiger partial charge is 0.479 e. The Hall–Kier alpha value is -3.01.